The van der Waals surface area contributed by atoms with E-state index in [0.29, 0.717) is 6.42 Å². The average Bonchev–Trinajstić information content (AvgIpc) is 3.57. The minimum Gasteiger partial charge on any atom is -0.480 e. The predicted octanol–water partition coefficient (Wildman–Crippen LogP) is 4.02. The summed E-state index contributed by atoms with van der Waals surface area (Å²) >= 11 is 0. The number of alkyl carbamates (subject to hydrolysis) is 1. The maximum Gasteiger partial charge on any atom is 0.407 e. The Morgan fingerprint density at radius 1 is 1.03 bits per heavy atom. The molecule has 2 N–H and O–H groups in total. The molecule has 2 aromatic carbocycles. The van der Waals surface area contributed by atoms with Crippen LogP contribution in [0.1, 0.15) is 50.2 Å². The highest BCUT2D eigenvalue weighted by Gasteiger charge is 2.38. The van der Waals surface area contributed by atoms with E-state index in [4.69, 9.17) is 4.74 Å². The average molecular weight is 451 g/mol. The first-order chi connectivity index (χ1) is 15.8. The fourth-order valence-electron chi connectivity index (χ4n) is 4.59. The molecule has 1 saturated carbocycles. The van der Waals surface area contributed by atoms with Crippen molar-refractivity contribution in [2.24, 2.45) is 5.92 Å². The van der Waals surface area contributed by atoms with Crippen LogP contribution in [-0.4, -0.2) is 53.2 Å². The third kappa shape index (κ3) is 5.18. The first-order valence-electron chi connectivity index (χ1n) is 11.5. The smallest absolute Gasteiger partial charge is 0.407 e. The molecular weight excluding hydrogens is 420 g/mol. The lowest BCUT2D eigenvalue weighted by molar-refractivity contribution is -0.145. The Morgan fingerprint density at radius 2 is 1.61 bits per heavy atom. The molecule has 7 heteroatoms. The fraction of sp³-hybridized carbons (Fsp3) is 0.423. The van der Waals surface area contributed by atoms with Crippen molar-refractivity contribution in [3.05, 3.63) is 59.7 Å². The summed E-state index contributed by atoms with van der Waals surface area (Å²) in [5.41, 5.74) is 4.51. The largest absolute Gasteiger partial charge is 0.480 e. The zero-order valence-corrected chi connectivity index (χ0v) is 19.0. The summed E-state index contributed by atoms with van der Waals surface area (Å²) in [7, 11) is 0. The van der Waals surface area contributed by atoms with Gasteiger partial charge in [-0.1, -0.05) is 62.4 Å². The Morgan fingerprint density at radius 3 is 2.12 bits per heavy atom. The number of hydrogen-bond acceptors (Lipinski definition) is 4. The first-order valence-corrected chi connectivity index (χ1v) is 11.5. The minimum atomic E-state index is -1.06. The number of benzene rings is 2. The summed E-state index contributed by atoms with van der Waals surface area (Å²) < 4.78 is 5.60. The van der Waals surface area contributed by atoms with Crippen molar-refractivity contribution in [3.63, 3.8) is 0 Å². The lowest BCUT2D eigenvalue weighted by Crippen LogP contribution is -2.51. The van der Waals surface area contributed by atoms with Crippen molar-refractivity contribution < 1.29 is 24.2 Å². The zero-order valence-electron chi connectivity index (χ0n) is 19.0. The number of nitrogens with zero attached hydrogens (tertiary/aromatic N) is 1. The molecular formula is C26H30N2O5. The van der Waals surface area contributed by atoms with Crippen LogP contribution in [0, 0.1) is 5.92 Å². The Hall–Kier alpha value is -3.35. The van der Waals surface area contributed by atoms with Gasteiger partial charge in [0.25, 0.3) is 0 Å². The highest BCUT2D eigenvalue weighted by atomic mass is 16.5. The van der Waals surface area contributed by atoms with Gasteiger partial charge in [-0.05, 0) is 47.4 Å². The van der Waals surface area contributed by atoms with Crippen LogP contribution in [0.4, 0.5) is 4.79 Å². The number of aliphatic carboxylic acids is 1. The van der Waals surface area contributed by atoms with E-state index in [0.717, 1.165) is 35.1 Å². The number of carbonyl (C=O) groups is 3. The summed E-state index contributed by atoms with van der Waals surface area (Å²) in [6, 6.07) is 15.3. The number of rotatable bonds is 9. The third-order valence-electron chi connectivity index (χ3n) is 6.22. The molecule has 0 spiro atoms. The van der Waals surface area contributed by atoms with Gasteiger partial charge in [0.15, 0.2) is 0 Å². The molecule has 4 rings (SSSR count). The van der Waals surface area contributed by atoms with Crippen LogP contribution < -0.4 is 5.32 Å². The van der Waals surface area contributed by atoms with Gasteiger partial charge in [0.2, 0.25) is 5.91 Å². The van der Waals surface area contributed by atoms with E-state index in [9.17, 15) is 19.5 Å². The van der Waals surface area contributed by atoms with Gasteiger partial charge in [0, 0.05) is 12.0 Å². The SMILES string of the molecule is CC(C)C[C@@H](NC(=O)OCC1c2ccccc2-c2ccccc21)C(=O)N(CC(=O)O)C1CC1. The van der Waals surface area contributed by atoms with E-state index in [1.54, 1.807) is 0 Å². The predicted molar refractivity (Wildman–Crippen MR) is 124 cm³/mol. The summed E-state index contributed by atoms with van der Waals surface area (Å²) in [6.07, 6.45) is 1.32. The molecule has 0 radical (unpaired) electrons. The van der Waals surface area contributed by atoms with E-state index in [1.807, 2.05) is 50.2 Å². The maximum atomic E-state index is 13.1. The van der Waals surface area contributed by atoms with Gasteiger partial charge in [0.05, 0.1) is 0 Å². The highest BCUT2D eigenvalue weighted by Crippen LogP contribution is 2.44. The van der Waals surface area contributed by atoms with Crippen molar-refractivity contribution in [1.82, 2.24) is 10.2 Å². The molecule has 33 heavy (non-hydrogen) atoms. The van der Waals surface area contributed by atoms with Crippen molar-refractivity contribution in [2.45, 2.75) is 51.1 Å². The van der Waals surface area contributed by atoms with Crippen molar-refractivity contribution in [3.8, 4) is 11.1 Å². The molecule has 0 aliphatic heterocycles. The number of carboxylic acid groups (broad SMARTS) is 1. The summed E-state index contributed by atoms with van der Waals surface area (Å²) in [5.74, 6) is -1.35. The lowest BCUT2D eigenvalue weighted by atomic mass is 9.98. The summed E-state index contributed by atoms with van der Waals surface area (Å²) in [6.45, 7) is 3.71. The van der Waals surface area contributed by atoms with Crippen LogP contribution in [0.15, 0.2) is 48.5 Å². The topological polar surface area (TPSA) is 95.9 Å². The standard InChI is InChI=1S/C26H30N2O5/c1-16(2)13-23(25(31)28(14-24(29)30)17-11-12-17)27-26(32)33-15-22-20-9-5-3-7-18(20)19-8-4-6-10-21(19)22/h3-10,16-17,22-23H,11-15H2,1-2H3,(H,27,32)(H,29,30)/t23-/m1/s1. The van der Waals surface area contributed by atoms with Crippen LogP contribution in [0.5, 0.6) is 0 Å². The van der Waals surface area contributed by atoms with E-state index >= 15 is 0 Å². The normalized spacial score (nSPS) is 15.5. The van der Waals surface area contributed by atoms with Gasteiger partial charge in [-0.25, -0.2) is 4.79 Å². The molecule has 0 bridgehead atoms. The van der Waals surface area contributed by atoms with Crippen LogP contribution in [0.3, 0.4) is 0 Å². The molecule has 0 aromatic heterocycles. The third-order valence-corrected chi connectivity index (χ3v) is 6.22. The van der Waals surface area contributed by atoms with Gasteiger partial charge < -0.3 is 20.1 Å². The number of nitrogens with one attached hydrogen (secondary N) is 1. The second kappa shape index (κ2) is 9.65. The molecule has 0 heterocycles. The number of fused-ring (bicyclic) bond motifs is 3. The van der Waals surface area contributed by atoms with Crippen LogP contribution >= 0.6 is 0 Å². The van der Waals surface area contributed by atoms with E-state index in [2.05, 4.69) is 17.4 Å². The summed E-state index contributed by atoms with van der Waals surface area (Å²) in [5, 5.41) is 11.9. The Balaban J connectivity index is 1.44. The fourth-order valence-corrected chi connectivity index (χ4v) is 4.59. The molecule has 1 atom stereocenters. The van der Waals surface area contributed by atoms with Crippen molar-refractivity contribution in [1.29, 1.82) is 0 Å². The molecule has 0 saturated heterocycles. The Bertz CT molecular complexity index is 1000. The summed E-state index contributed by atoms with van der Waals surface area (Å²) in [4.78, 5) is 38.5. The maximum absolute atomic E-state index is 13.1. The number of carboxylic acids is 1. The quantitative estimate of drug-likeness (QED) is 0.602. The molecule has 2 amide bonds. The Labute approximate surface area is 193 Å². The molecule has 1 fully saturated rings. The highest BCUT2D eigenvalue weighted by molar-refractivity contribution is 5.88. The van der Waals surface area contributed by atoms with Gasteiger partial charge >= 0.3 is 12.1 Å². The molecule has 2 aliphatic rings. The van der Waals surface area contributed by atoms with E-state index < -0.39 is 18.1 Å². The first kappa shape index (κ1) is 22.8. The molecule has 7 nitrogen and oxygen atoms in total. The minimum absolute atomic E-state index is 0.0624. The van der Waals surface area contributed by atoms with Crippen molar-refractivity contribution >= 4 is 18.0 Å². The zero-order chi connectivity index (χ0) is 23.5. The van der Waals surface area contributed by atoms with E-state index in [1.165, 1.54) is 4.90 Å². The molecule has 174 valence electrons. The van der Waals surface area contributed by atoms with Crippen LogP contribution in [-0.2, 0) is 14.3 Å². The number of hydrogen-bond donors (Lipinski definition) is 2. The number of amides is 2. The van der Waals surface area contributed by atoms with Crippen LogP contribution in [0.25, 0.3) is 11.1 Å². The van der Waals surface area contributed by atoms with Gasteiger partial charge in [-0.3, -0.25) is 9.59 Å². The molecule has 2 aliphatic carbocycles. The lowest BCUT2D eigenvalue weighted by Gasteiger charge is -2.27. The monoisotopic (exact) mass is 450 g/mol. The molecule has 2 aromatic rings. The van der Waals surface area contributed by atoms with E-state index in [-0.39, 0.29) is 36.9 Å². The number of ether oxygens (including phenoxy) is 1. The van der Waals surface area contributed by atoms with Crippen molar-refractivity contribution in [2.75, 3.05) is 13.2 Å². The Kier molecular flexibility index (Phi) is 6.67. The van der Waals surface area contributed by atoms with Gasteiger partial charge in [-0.2, -0.15) is 0 Å². The second-order valence-electron chi connectivity index (χ2n) is 9.24. The van der Waals surface area contributed by atoms with Gasteiger partial charge in [0.1, 0.15) is 19.2 Å². The van der Waals surface area contributed by atoms with Gasteiger partial charge in [-0.15, -0.1) is 0 Å². The molecule has 0 unspecified atom stereocenters. The van der Waals surface area contributed by atoms with Crippen LogP contribution in [0.2, 0.25) is 0 Å². The second-order valence-corrected chi connectivity index (χ2v) is 9.24. The number of carbonyl (C=O) groups excluding carboxylic acids is 2.